The molecule has 0 aliphatic carbocycles. The number of hydrogen-bond acceptors (Lipinski definition) is 4. The van der Waals surface area contributed by atoms with Crippen molar-refractivity contribution in [3.63, 3.8) is 0 Å². The van der Waals surface area contributed by atoms with Gasteiger partial charge in [0.1, 0.15) is 0 Å². The molecule has 1 unspecified atom stereocenters. The number of ether oxygens (including phenoxy) is 1. The van der Waals surface area contributed by atoms with Crippen LogP contribution in [0.15, 0.2) is 54.6 Å². The molecule has 0 aliphatic rings. The van der Waals surface area contributed by atoms with Crippen molar-refractivity contribution >= 4 is 47.4 Å². The van der Waals surface area contributed by atoms with Crippen LogP contribution in [0.25, 0.3) is 11.1 Å². The Kier molecular flexibility index (Phi) is 11.5. The van der Waals surface area contributed by atoms with E-state index in [1.807, 2.05) is 61.5 Å². The van der Waals surface area contributed by atoms with E-state index in [1.165, 1.54) is 0 Å². The molecule has 0 spiro atoms. The maximum atomic E-state index is 12.6. The van der Waals surface area contributed by atoms with Crippen LogP contribution >= 0.6 is 0 Å². The number of carbonyl (C=O) groups excluding carboxylic acids is 2. The molecular formula is C24H30NNaO5. The molecule has 2 N–H and O–H groups in total. The van der Waals surface area contributed by atoms with Crippen molar-refractivity contribution < 1.29 is 24.2 Å². The Labute approximate surface area is 205 Å². The normalized spacial score (nSPS) is 12.2. The fourth-order valence-electron chi connectivity index (χ4n) is 3.25. The number of benzene rings is 2. The second kappa shape index (κ2) is 13.3. The molecule has 0 radical (unpaired) electrons. The van der Waals surface area contributed by atoms with E-state index in [4.69, 9.17) is 9.84 Å². The molecule has 0 saturated carbocycles. The number of nitrogens with one attached hydrogen (secondary N) is 1. The van der Waals surface area contributed by atoms with Crippen LogP contribution in [0.1, 0.15) is 38.7 Å². The Morgan fingerprint density at radius 2 is 1.58 bits per heavy atom. The predicted molar refractivity (Wildman–Crippen MR) is 122 cm³/mol. The van der Waals surface area contributed by atoms with Crippen LogP contribution < -0.4 is 5.32 Å². The third-order valence-corrected chi connectivity index (χ3v) is 4.99. The number of rotatable bonds is 11. The summed E-state index contributed by atoms with van der Waals surface area (Å²) >= 11 is 0. The van der Waals surface area contributed by atoms with E-state index < -0.39 is 11.4 Å². The topological polar surface area (TPSA) is 92.7 Å². The average Bonchev–Trinajstić information content (AvgIpc) is 2.73. The zero-order valence-corrected chi connectivity index (χ0v) is 17.5. The van der Waals surface area contributed by atoms with Crippen molar-refractivity contribution in [2.75, 3.05) is 13.2 Å². The van der Waals surface area contributed by atoms with Crippen molar-refractivity contribution in [3.8, 4) is 11.1 Å². The van der Waals surface area contributed by atoms with Gasteiger partial charge in [-0.05, 0) is 43.4 Å². The van der Waals surface area contributed by atoms with Crippen molar-refractivity contribution in [2.24, 2.45) is 5.41 Å². The SMILES string of the molecule is CCOC(=O)C(C)(CCNC(=O)CCC(=O)O)Cc1ccc(-c2ccccc2)cc1.[NaH]. The van der Waals surface area contributed by atoms with Gasteiger partial charge in [0.05, 0.1) is 18.4 Å². The summed E-state index contributed by atoms with van der Waals surface area (Å²) in [7, 11) is 0. The molecule has 0 bridgehead atoms. The van der Waals surface area contributed by atoms with Crippen molar-refractivity contribution in [1.29, 1.82) is 0 Å². The number of aliphatic carboxylic acids is 1. The Morgan fingerprint density at radius 3 is 2.16 bits per heavy atom. The Balaban J connectivity index is 0.00000480. The van der Waals surface area contributed by atoms with Gasteiger partial charge >= 0.3 is 41.5 Å². The molecule has 7 heteroatoms. The minimum absolute atomic E-state index is 0. The number of esters is 1. The number of carboxylic acids is 1. The fourth-order valence-corrected chi connectivity index (χ4v) is 3.25. The molecule has 0 saturated heterocycles. The van der Waals surface area contributed by atoms with E-state index in [1.54, 1.807) is 6.92 Å². The molecule has 162 valence electrons. The second-order valence-corrected chi connectivity index (χ2v) is 7.51. The van der Waals surface area contributed by atoms with Crippen LogP contribution in [0.4, 0.5) is 0 Å². The monoisotopic (exact) mass is 435 g/mol. The van der Waals surface area contributed by atoms with Crippen LogP contribution in [0.3, 0.4) is 0 Å². The van der Waals surface area contributed by atoms with E-state index in [0.717, 1.165) is 16.7 Å². The van der Waals surface area contributed by atoms with Gasteiger partial charge in [-0.25, -0.2) is 0 Å². The Hall–Kier alpha value is -2.15. The van der Waals surface area contributed by atoms with Crippen molar-refractivity contribution in [2.45, 2.75) is 39.5 Å². The Morgan fingerprint density at radius 1 is 0.968 bits per heavy atom. The molecule has 2 aromatic carbocycles. The molecule has 1 amide bonds. The van der Waals surface area contributed by atoms with E-state index >= 15 is 0 Å². The third-order valence-electron chi connectivity index (χ3n) is 4.99. The zero-order valence-electron chi connectivity index (χ0n) is 17.5. The van der Waals surface area contributed by atoms with Gasteiger partial charge in [0.2, 0.25) is 5.91 Å². The van der Waals surface area contributed by atoms with Gasteiger partial charge in [-0.3, -0.25) is 14.4 Å². The summed E-state index contributed by atoms with van der Waals surface area (Å²) in [5.41, 5.74) is 2.43. The van der Waals surface area contributed by atoms with Gasteiger partial charge < -0.3 is 15.2 Å². The van der Waals surface area contributed by atoms with Gasteiger partial charge in [-0.15, -0.1) is 0 Å². The number of hydrogen-bond donors (Lipinski definition) is 2. The molecule has 2 aromatic rings. The van der Waals surface area contributed by atoms with Crippen LogP contribution in [0.2, 0.25) is 0 Å². The van der Waals surface area contributed by atoms with Gasteiger partial charge in [0, 0.05) is 13.0 Å². The first kappa shape index (κ1) is 26.9. The van der Waals surface area contributed by atoms with Gasteiger partial charge in [0.25, 0.3) is 0 Å². The predicted octanol–water partition coefficient (Wildman–Crippen LogP) is 3.19. The van der Waals surface area contributed by atoms with Crippen LogP contribution in [-0.4, -0.2) is 65.7 Å². The average molecular weight is 435 g/mol. The van der Waals surface area contributed by atoms with Crippen molar-refractivity contribution in [3.05, 3.63) is 60.2 Å². The molecule has 0 heterocycles. The van der Waals surface area contributed by atoms with Crippen LogP contribution in [0.5, 0.6) is 0 Å². The molecule has 0 aliphatic heterocycles. The van der Waals surface area contributed by atoms with Crippen LogP contribution in [0, 0.1) is 5.41 Å². The van der Waals surface area contributed by atoms with Crippen molar-refractivity contribution in [1.82, 2.24) is 5.32 Å². The van der Waals surface area contributed by atoms with Crippen LogP contribution in [-0.2, 0) is 25.5 Å². The van der Waals surface area contributed by atoms with Gasteiger partial charge in [-0.2, -0.15) is 0 Å². The molecule has 31 heavy (non-hydrogen) atoms. The summed E-state index contributed by atoms with van der Waals surface area (Å²) in [4.78, 5) is 35.0. The van der Waals surface area contributed by atoms with E-state index in [9.17, 15) is 14.4 Å². The third kappa shape index (κ3) is 8.85. The first-order valence-electron chi connectivity index (χ1n) is 10.1. The first-order chi connectivity index (χ1) is 14.3. The number of carbonyl (C=O) groups is 3. The van der Waals surface area contributed by atoms with Gasteiger partial charge in [0.15, 0.2) is 0 Å². The number of amides is 1. The number of carboxylic acid groups (broad SMARTS) is 1. The maximum absolute atomic E-state index is 12.6. The minimum atomic E-state index is -1.01. The van der Waals surface area contributed by atoms with E-state index in [2.05, 4.69) is 5.32 Å². The van der Waals surface area contributed by atoms with Gasteiger partial charge in [-0.1, -0.05) is 54.6 Å². The zero-order chi connectivity index (χ0) is 22.0. The van der Waals surface area contributed by atoms with E-state index in [0.29, 0.717) is 12.8 Å². The summed E-state index contributed by atoms with van der Waals surface area (Å²) in [6.07, 6.45) is 0.581. The molecule has 1 atom stereocenters. The summed E-state index contributed by atoms with van der Waals surface area (Å²) in [6.45, 7) is 4.16. The Bertz CT molecular complexity index is 854. The summed E-state index contributed by atoms with van der Waals surface area (Å²) in [5.74, 6) is -1.66. The fraction of sp³-hybridized carbons (Fsp3) is 0.375. The standard InChI is InChI=1S/C24H29NO5.Na.H/c1-3-30-23(29)24(2,15-16-25-21(26)13-14-22(27)28)17-18-9-11-20(12-10-18)19-7-5-4-6-8-19;;/h4-12H,3,13-17H2,1-2H3,(H,25,26)(H,27,28);;. The first-order valence-corrected chi connectivity index (χ1v) is 10.1. The molecule has 2 rings (SSSR count). The molecular weight excluding hydrogens is 405 g/mol. The molecule has 6 nitrogen and oxygen atoms in total. The van der Waals surface area contributed by atoms with E-state index in [-0.39, 0.29) is 67.4 Å². The quantitative estimate of drug-likeness (QED) is 0.418. The summed E-state index contributed by atoms with van der Waals surface area (Å²) < 4.78 is 5.28. The second-order valence-electron chi connectivity index (χ2n) is 7.51. The summed E-state index contributed by atoms with van der Waals surface area (Å²) in [6, 6.07) is 18.1. The molecule has 0 fully saturated rings. The molecule has 0 aromatic heterocycles. The summed E-state index contributed by atoms with van der Waals surface area (Å²) in [5, 5.41) is 11.4.